The third-order valence-corrected chi connectivity index (χ3v) is 4.08. The van der Waals surface area contributed by atoms with Gasteiger partial charge in [0.05, 0.1) is 5.75 Å². The lowest BCUT2D eigenvalue weighted by molar-refractivity contribution is 0.391. The standard InChI is InChI=1S/C16H15FN4OS/c1-9-4-5-12(7-13(9)17)16-20-14(22-21-16)8-23-15-6-10(2)18-11(3)19-15/h4-7H,8H2,1-3H3. The highest BCUT2D eigenvalue weighted by molar-refractivity contribution is 7.98. The summed E-state index contributed by atoms with van der Waals surface area (Å²) in [7, 11) is 0. The average molecular weight is 330 g/mol. The van der Waals surface area contributed by atoms with Crippen molar-refractivity contribution in [2.75, 3.05) is 0 Å². The maximum Gasteiger partial charge on any atom is 0.237 e. The van der Waals surface area contributed by atoms with Gasteiger partial charge in [-0.3, -0.25) is 0 Å². The van der Waals surface area contributed by atoms with Crippen LogP contribution in [0.3, 0.4) is 0 Å². The molecule has 23 heavy (non-hydrogen) atoms. The van der Waals surface area contributed by atoms with Crippen LogP contribution in [0, 0.1) is 26.6 Å². The van der Waals surface area contributed by atoms with Crippen LogP contribution in [-0.2, 0) is 5.75 Å². The van der Waals surface area contributed by atoms with Crippen molar-refractivity contribution in [3.63, 3.8) is 0 Å². The van der Waals surface area contributed by atoms with E-state index < -0.39 is 0 Å². The van der Waals surface area contributed by atoms with E-state index in [1.165, 1.54) is 17.8 Å². The maximum atomic E-state index is 13.6. The second-order valence-electron chi connectivity index (χ2n) is 5.16. The molecule has 0 atom stereocenters. The smallest absolute Gasteiger partial charge is 0.237 e. The number of benzene rings is 1. The van der Waals surface area contributed by atoms with Crippen LogP contribution in [0.25, 0.3) is 11.4 Å². The summed E-state index contributed by atoms with van der Waals surface area (Å²) in [5.41, 5.74) is 2.10. The van der Waals surface area contributed by atoms with E-state index in [4.69, 9.17) is 4.52 Å². The number of hydrogen-bond acceptors (Lipinski definition) is 6. The Morgan fingerprint density at radius 1 is 1.09 bits per heavy atom. The number of nitrogens with zero attached hydrogens (tertiary/aromatic N) is 4. The molecule has 7 heteroatoms. The highest BCUT2D eigenvalue weighted by Crippen LogP contribution is 2.23. The monoisotopic (exact) mass is 330 g/mol. The van der Waals surface area contributed by atoms with Crippen molar-refractivity contribution in [3.8, 4) is 11.4 Å². The van der Waals surface area contributed by atoms with Gasteiger partial charge in [-0.15, -0.1) is 0 Å². The average Bonchev–Trinajstić information content (AvgIpc) is 2.96. The molecule has 118 valence electrons. The van der Waals surface area contributed by atoms with Crippen LogP contribution in [0.1, 0.15) is 23.0 Å². The molecule has 1 aromatic carbocycles. The first-order valence-electron chi connectivity index (χ1n) is 7.05. The lowest BCUT2D eigenvalue weighted by atomic mass is 10.1. The zero-order valence-corrected chi connectivity index (χ0v) is 13.8. The van der Waals surface area contributed by atoms with E-state index in [1.54, 1.807) is 19.1 Å². The molecule has 0 bridgehead atoms. The van der Waals surface area contributed by atoms with Gasteiger partial charge in [-0.1, -0.05) is 29.1 Å². The first-order valence-corrected chi connectivity index (χ1v) is 8.04. The van der Waals surface area contributed by atoms with E-state index in [1.807, 2.05) is 19.9 Å². The number of aromatic nitrogens is 4. The zero-order chi connectivity index (χ0) is 16.4. The van der Waals surface area contributed by atoms with E-state index in [0.717, 1.165) is 16.5 Å². The maximum absolute atomic E-state index is 13.6. The summed E-state index contributed by atoms with van der Waals surface area (Å²) in [5.74, 6) is 1.80. The molecule has 0 aliphatic carbocycles. The third kappa shape index (κ3) is 3.73. The molecule has 0 N–H and O–H groups in total. The Morgan fingerprint density at radius 3 is 2.65 bits per heavy atom. The Bertz CT molecular complexity index is 830. The van der Waals surface area contributed by atoms with Gasteiger partial charge < -0.3 is 4.52 Å². The van der Waals surface area contributed by atoms with Crippen LogP contribution in [0.4, 0.5) is 4.39 Å². The largest absolute Gasteiger partial charge is 0.338 e. The number of halogens is 1. The molecule has 3 rings (SSSR count). The predicted octanol–water partition coefficient (Wildman–Crippen LogP) is 3.88. The molecule has 3 aromatic rings. The highest BCUT2D eigenvalue weighted by Gasteiger charge is 2.11. The summed E-state index contributed by atoms with van der Waals surface area (Å²) in [6, 6.07) is 6.79. The number of hydrogen-bond donors (Lipinski definition) is 0. The first kappa shape index (κ1) is 15.6. The molecule has 5 nitrogen and oxygen atoms in total. The van der Waals surface area contributed by atoms with Gasteiger partial charge in [0.15, 0.2) is 0 Å². The quantitative estimate of drug-likeness (QED) is 0.534. The topological polar surface area (TPSA) is 64.7 Å². The van der Waals surface area contributed by atoms with Gasteiger partial charge in [-0.25, -0.2) is 14.4 Å². The van der Waals surface area contributed by atoms with Gasteiger partial charge >= 0.3 is 0 Å². The predicted molar refractivity (Wildman–Crippen MR) is 85.5 cm³/mol. The molecular formula is C16H15FN4OS. The summed E-state index contributed by atoms with van der Waals surface area (Å²) in [6.07, 6.45) is 0. The fourth-order valence-electron chi connectivity index (χ4n) is 2.06. The molecule has 0 saturated carbocycles. The summed E-state index contributed by atoms with van der Waals surface area (Å²) in [4.78, 5) is 12.9. The fraction of sp³-hybridized carbons (Fsp3) is 0.250. The molecule has 0 saturated heterocycles. The van der Waals surface area contributed by atoms with Crippen LogP contribution in [0.2, 0.25) is 0 Å². The molecule has 0 unspecified atom stereocenters. The summed E-state index contributed by atoms with van der Waals surface area (Å²) in [6.45, 7) is 5.49. The number of aryl methyl sites for hydroxylation is 3. The Morgan fingerprint density at radius 2 is 1.91 bits per heavy atom. The number of rotatable bonds is 4. The van der Waals surface area contributed by atoms with Crippen molar-refractivity contribution in [2.24, 2.45) is 0 Å². The van der Waals surface area contributed by atoms with Crippen molar-refractivity contribution >= 4 is 11.8 Å². The molecule has 0 fully saturated rings. The van der Waals surface area contributed by atoms with Crippen molar-refractivity contribution < 1.29 is 8.91 Å². The van der Waals surface area contributed by atoms with Gasteiger partial charge in [0.2, 0.25) is 11.7 Å². The van der Waals surface area contributed by atoms with Crippen molar-refractivity contribution in [1.29, 1.82) is 0 Å². The van der Waals surface area contributed by atoms with Gasteiger partial charge in [-0.05, 0) is 38.5 Å². The second kappa shape index (κ2) is 6.45. The molecule has 0 spiro atoms. The first-order chi connectivity index (χ1) is 11.0. The minimum atomic E-state index is -0.282. The Hall–Kier alpha value is -2.28. The molecule has 0 aliphatic rings. The van der Waals surface area contributed by atoms with Crippen LogP contribution in [0.5, 0.6) is 0 Å². The zero-order valence-electron chi connectivity index (χ0n) is 13.0. The van der Waals surface area contributed by atoms with E-state index in [0.29, 0.717) is 28.6 Å². The Labute approximate surface area is 137 Å². The van der Waals surface area contributed by atoms with E-state index in [-0.39, 0.29) is 5.82 Å². The summed E-state index contributed by atoms with van der Waals surface area (Å²) < 4.78 is 18.8. The van der Waals surface area contributed by atoms with Crippen LogP contribution >= 0.6 is 11.8 Å². The van der Waals surface area contributed by atoms with Gasteiger partial charge in [0, 0.05) is 11.3 Å². The van der Waals surface area contributed by atoms with E-state index in [2.05, 4.69) is 20.1 Å². The Kier molecular flexibility index (Phi) is 4.38. The van der Waals surface area contributed by atoms with E-state index in [9.17, 15) is 4.39 Å². The minimum absolute atomic E-state index is 0.282. The second-order valence-corrected chi connectivity index (χ2v) is 6.15. The normalized spacial score (nSPS) is 11.0. The van der Waals surface area contributed by atoms with Gasteiger partial charge in [-0.2, -0.15) is 4.98 Å². The molecule has 0 aliphatic heterocycles. The molecule has 2 aromatic heterocycles. The van der Waals surface area contributed by atoms with Crippen LogP contribution in [-0.4, -0.2) is 20.1 Å². The Balaban J connectivity index is 1.73. The molecule has 0 radical (unpaired) electrons. The van der Waals surface area contributed by atoms with Crippen molar-refractivity contribution in [3.05, 3.63) is 53.1 Å². The van der Waals surface area contributed by atoms with Crippen molar-refractivity contribution in [1.82, 2.24) is 20.1 Å². The molecular weight excluding hydrogens is 315 g/mol. The highest BCUT2D eigenvalue weighted by atomic mass is 32.2. The molecule has 0 amide bonds. The summed E-state index contributed by atoms with van der Waals surface area (Å²) in [5, 5.41) is 4.76. The van der Waals surface area contributed by atoms with Crippen molar-refractivity contribution in [2.45, 2.75) is 31.6 Å². The SMILES string of the molecule is Cc1cc(SCc2nc(-c3ccc(C)c(F)c3)no2)nc(C)n1. The van der Waals surface area contributed by atoms with E-state index >= 15 is 0 Å². The summed E-state index contributed by atoms with van der Waals surface area (Å²) >= 11 is 1.49. The minimum Gasteiger partial charge on any atom is -0.338 e. The fourth-order valence-corrected chi connectivity index (χ4v) is 2.89. The lowest BCUT2D eigenvalue weighted by Gasteiger charge is -2.00. The molecule has 2 heterocycles. The lowest BCUT2D eigenvalue weighted by Crippen LogP contribution is -1.93. The number of thioether (sulfide) groups is 1. The van der Waals surface area contributed by atoms with Crippen LogP contribution < -0.4 is 0 Å². The van der Waals surface area contributed by atoms with Gasteiger partial charge in [0.25, 0.3) is 0 Å². The van der Waals surface area contributed by atoms with Gasteiger partial charge in [0.1, 0.15) is 16.7 Å². The van der Waals surface area contributed by atoms with Crippen LogP contribution in [0.15, 0.2) is 33.8 Å². The third-order valence-electron chi connectivity index (χ3n) is 3.18.